The zero-order chi connectivity index (χ0) is 24.2. The monoisotopic (exact) mass is 480 g/mol. The van der Waals surface area contributed by atoms with E-state index in [1.165, 1.54) is 17.7 Å². The smallest absolute Gasteiger partial charge is 0.250 e. The van der Waals surface area contributed by atoms with Crippen LogP contribution in [0, 0.1) is 5.82 Å². The van der Waals surface area contributed by atoms with E-state index in [0.29, 0.717) is 12.3 Å². The molecule has 0 saturated heterocycles. The second-order valence-electron chi connectivity index (χ2n) is 9.70. The lowest BCUT2D eigenvalue weighted by Gasteiger charge is -2.29. The molecule has 2 aliphatic heterocycles. The van der Waals surface area contributed by atoms with E-state index in [-0.39, 0.29) is 24.6 Å². The van der Waals surface area contributed by atoms with E-state index in [2.05, 4.69) is 17.1 Å². The van der Waals surface area contributed by atoms with Gasteiger partial charge in [-0.2, -0.15) is 0 Å². The topological polar surface area (TPSA) is 54.6 Å². The van der Waals surface area contributed by atoms with Gasteiger partial charge in [0.2, 0.25) is 6.79 Å². The third-order valence-corrected chi connectivity index (χ3v) is 7.61. The average molecular weight is 481 g/mol. The van der Waals surface area contributed by atoms with Gasteiger partial charge in [-0.05, 0) is 84.8 Å². The molecule has 180 valence electrons. The maximum Gasteiger partial charge on any atom is 0.250 e. The van der Waals surface area contributed by atoms with Gasteiger partial charge in [0, 0.05) is 28.6 Å². The SMILES string of the molecule is O=C1C2=C(CCCC2)C(c2c(-c3ccc(F)cc3)[nH]c3ccccc23)N1Cc1ccc2c(c1)OCO2. The number of rotatable bonds is 4. The number of amides is 1. The summed E-state index contributed by atoms with van der Waals surface area (Å²) < 4.78 is 24.9. The molecule has 0 spiro atoms. The molecule has 1 atom stereocenters. The Bertz CT molecular complexity index is 1540. The fourth-order valence-electron chi connectivity index (χ4n) is 5.97. The molecule has 5 nitrogen and oxygen atoms in total. The normalized spacial score (nSPS) is 18.9. The van der Waals surface area contributed by atoms with E-state index in [9.17, 15) is 9.18 Å². The van der Waals surface area contributed by atoms with Crippen LogP contribution in [0.1, 0.15) is 42.9 Å². The number of halogens is 1. The second kappa shape index (κ2) is 8.26. The third-order valence-electron chi connectivity index (χ3n) is 7.61. The van der Waals surface area contributed by atoms with E-state index < -0.39 is 0 Å². The predicted octanol–water partition coefficient (Wildman–Crippen LogP) is 6.66. The van der Waals surface area contributed by atoms with Crippen LogP contribution in [0.3, 0.4) is 0 Å². The number of H-pyrrole nitrogens is 1. The number of nitrogens with one attached hydrogen (secondary N) is 1. The fourth-order valence-corrected chi connectivity index (χ4v) is 5.97. The van der Waals surface area contributed by atoms with E-state index in [0.717, 1.165) is 70.3 Å². The molecule has 1 amide bonds. The predicted molar refractivity (Wildman–Crippen MR) is 135 cm³/mol. The summed E-state index contributed by atoms with van der Waals surface area (Å²) in [6.45, 7) is 0.686. The summed E-state index contributed by atoms with van der Waals surface area (Å²) >= 11 is 0. The summed E-state index contributed by atoms with van der Waals surface area (Å²) in [6, 6.07) is 20.5. The van der Waals surface area contributed by atoms with Crippen molar-refractivity contribution in [2.45, 2.75) is 38.3 Å². The number of ether oxygens (including phenoxy) is 2. The van der Waals surface area contributed by atoms with Gasteiger partial charge in [-0.25, -0.2) is 4.39 Å². The minimum absolute atomic E-state index is 0.114. The standard InChI is InChI=1S/C30H25FN2O3/c31-20-12-10-19(11-13-20)28-27(23-7-3-4-8-24(23)32-28)29-21-5-1-2-6-22(21)30(34)33(29)16-18-9-14-25-26(15-18)36-17-35-25/h3-4,7-15,29,32H,1-2,5-6,16-17H2. The lowest BCUT2D eigenvalue weighted by Crippen LogP contribution is -2.30. The Kier molecular flexibility index (Phi) is 4.87. The molecule has 1 aromatic heterocycles. The zero-order valence-electron chi connectivity index (χ0n) is 19.7. The molecule has 3 aromatic carbocycles. The summed E-state index contributed by atoms with van der Waals surface area (Å²) in [4.78, 5) is 19.5. The highest BCUT2D eigenvalue weighted by Crippen LogP contribution is 2.50. The zero-order valence-corrected chi connectivity index (χ0v) is 19.7. The van der Waals surface area contributed by atoms with Crippen LogP contribution < -0.4 is 9.47 Å². The van der Waals surface area contributed by atoms with Gasteiger partial charge in [0.05, 0.1) is 11.7 Å². The number of hydrogen-bond donors (Lipinski definition) is 1. The van der Waals surface area contributed by atoms with Crippen LogP contribution >= 0.6 is 0 Å². The molecule has 0 bridgehead atoms. The van der Waals surface area contributed by atoms with Crippen molar-refractivity contribution < 1.29 is 18.7 Å². The summed E-state index contributed by atoms with van der Waals surface area (Å²) in [5, 5.41) is 1.09. The lowest BCUT2D eigenvalue weighted by molar-refractivity contribution is -0.127. The van der Waals surface area contributed by atoms with E-state index in [1.807, 2.05) is 35.2 Å². The largest absolute Gasteiger partial charge is 0.454 e. The summed E-state index contributed by atoms with van der Waals surface area (Å²) in [7, 11) is 0. The molecule has 3 heterocycles. The van der Waals surface area contributed by atoms with Crippen LogP contribution in [0.25, 0.3) is 22.2 Å². The molecule has 4 aromatic rings. The molecular weight excluding hydrogens is 455 g/mol. The lowest BCUT2D eigenvalue weighted by atomic mass is 9.86. The van der Waals surface area contributed by atoms with Crippen molar-refractivity contribution in [2.75, 3.05) is 6.79 Å². The molecule has 6 heteroatoms. The Balaban J connectivity index is 1.40. The maximum atomic E-state index is 13.9. The van der Waals surface area contributed by atoms with Crippen LogP contribution in [0.15, 0.2) is 77.9 Å². The van der Waals surface area contributed by atoms with E-state index in [1.54, 1.807) is 12.1 Å². The summed E-state index contributed by atoms with van der Waals surface area (Å²) in [6.07, 6.45) is 3.84. The molecule has 0 fully saturated rings. The van der Waals surface area contributed by atoms with Crippen molar-refractivity contribution in [2.24, 2.45) is 0 Å². The molecule has 0 saturated carbocycles. The molecule has 1 aliphatic carbocycles. The van der Waals surface area contributed by atoms with Gasteiger partial charge in [0.15, 0.2) is 11.5 Å². The molecular formula is C30H25FN2O3. The van der Waals surface area contributed by atoms with Crippen molar-refractivity contribution in [1.29, 1.82) is 0 Å². The highest BCUT2D eigenvalue weighted by atomic mass is 19.1. The fraction of sp³-hybridized carbons (Fsp3) is 0.233. The van der Waals surface area contributed by atoms with Crippen molar-refractivity contribution in [3.05, 3.63) is 94.8 Å². The Hall–Kier alpha value is -4.06. The van der Waals surface area contributed by atoms with Crippen LogP contribution in [-0.4, -0.2) is 22.6 Å². The van der Waals surface area contributed by atoms with E-state index >= 15 is 0 Å². The highest BCUT2D eigenvalue weighted by molar-refractivity contribution is 6.00. The minimum Gasteiger partial charge on any atom is -0.454 e. The van der Waals surface area contributed by atoms with Crippen LogP contribution in [-0.2, 0) is 11.3 Å². The molecule has 1 N–H and O–H groups in total. The molecule has 36 heavy (non-hydrogen) atoms. The number of fused-ring (bicyclic) bond motifs is 2. The Morgan fingerprint density at radius 2 is 1.75 bits per heavy atom. The number of carbonyl (C=O) groups excluding carboxylic acids is 1. The third kappa shape index (κ3) is 3.32. The number of aromatic amines is 1. The Morgan fingerprint density at radius 1 is 0.944 bits per heavy atom. The molecule has 3 aliphatic rings. The van der Waals surface area contributed by atoms with Crippen molar-refractivity contribution in [1.82, 2.24) is 9.88 Å². The van der Waals surface area contributed by atoms with Gasteiger partial charge in [-0.1, -0.05) is 24.3 Å². The number of benzene rings is 3. The van der Waals surface area contributed by atoms with Gasteiger partial charge in [-0.3, -0.25) is 4.79 Å². The second-order valence-corrected chi connectivity index (χ2v) is 9.70. The van der Waals surface area contributed by atoms with Crippen molar-refractivity contribution >= 4 is 16.8 Å². The first-order valence-corrected chi connectivity index (χ1v) is 12.5. The number of para-hydroxylation sites is 1. The van der Waals surface area contributed by atoms with Crippen LogP contribution in [0.5, 0.6) is 11.5 Å². The Morgan fingerprint density at radius 3 is 2.64 bits per heavy atom. The minimum atomic E-state index is -0.269. The van der Waals surface area contributed by atoms with Gasteiger partial charge in [-0.15, -0.1) is 0 Å². The van der Waals surface area contributed by atoms with Crippen molar-refractivity contribution in [3.63, 3.8) is 0 Å². The first kappa shape index (κ1) is 21.2. The average Bonchev–Trinajstić information content (AvgIpc) is 3.59. The van der Waals surface area contributed by atoms with Gasteiger partial charge in [0.1, 0.15) is 5.82 Å². The first-order valence-electron chi connectivity index (χ1n) is 12.5. The number of nitrogens with zero attached hydrogens (tertiary/aromatic N) is 1. The quantitative estimate of drug-likeness (QED) is 0.356. The maximum absolute atomic E-state index is 13.9. The molecule has 1 unspecified atom stereocenters. The van der Waals surface area contributed by atoms with Gasteiger partial charge < -0.3 is 19.4 Å². The summed E-state index contributed by atoms with van der Waals surface area (Å²) in [5.74, 6) is 1.29. The highest BCUT2D eigenvalue weighted by Gasteiger charge is 2.42. The number of hydrogen-bond acceptors (Lipinski definition) is 3. The van der Waals surface area contributed by atoms with Crippen LogP contribution in [0.4, 0.5) is 4.39 Å². The van der Waals surface area contributed by atoms with Crippen LogP contribution in [0.2, 0.25) is 0 Å². The number of aromatic nitrogens is 1. The number of carbonyl (C=O) groups is 1. The van der Waals surface area contributed by atoms with Gasteiger partial charge >= 0.3 is 0 Å². The Labute approximate surface area is 208 Å². The first-order chi connectivity index (χ1) is 17.7. The van der Waals surface area contributed by atoms with Gasteiger partial charge in [0.25, 0.3) is 5.91 Å². The summed E-state index contributed by atoms with van der Waals surface area (Å²) in [5.41, 5.74) is 7.11. The van der Waals surface area contributed by atoms with E-state index in [4.69, 9.17) is 9.47 Å². The molecule has 7 rings (SSSR count). The molecule has 0 radical (unpaired) electrons. The van der Waals surface area contributed by atoms with Crippen molar-refractivity contribution in [3.8, 4) is 22.8 Å².